The van der Waals surface area contributed by atoms with Gasteiger partial charge in [0.2, 0.25) is 5.91 Å². The van der Waals surface area contributed by atoms with Gasteiger partial charge in [0.15, 0.2) is 0 Å². The maximum Gasteiger partial charge on any atom is 0.227 e. The molecule has 3 rings (SSSR count). The van der Waals surface area contributed by atoms with E-state index in [9.17, 15) is 4.79 Å². The third kappa shape index (κ3) is 2.83. The number of nitrogens with one attached hydrogen (secondary N) is 2. The predicted octanol–water partition coefficient (Wildman–Crippen LogP) is 3.09. The quantitative estimate of drug-likeness (QED) is 0.878. The van der Waals surface area contributed by atoms with Crippen molar-refractivity contribution in [1.82, 2.24) is 5.32 Å². The molecule has 0 aromatic heterocycles. The van der Waals surface area contributed by atoms with E-state index in [2.05, 4.69) is 41.8 Å². The minimum atomic E-state index is 0.143. The molecule has 104 valence electrons. The Labute approximate surface area is 119 Å². The molecular weight excluding hydrogens is 248 g/mol. The molecule has 3 nitrogen and oxygen atoms in total. The van der Waals surface area contributed by atoms with Gasteiger partial charge in [-0.3, -0.25) is 4.79 Å². The van der Waals surface area contributed by atoms with Gasteiger partial charge in [-0.2, -0.15) is 0 Å². The molecule has 3 heteroatoms. The molecular formula is C17H20N2O. The fraction of sp³-hybridized carbons (Fsp3) is 0.353. The highest BCUT2D eigenvalue weighted by molar-refractivity contribution is 5.95. The van der Waals surface area contributed by atoms with Crippen LogP contribution in [0, 0.1) is 12.8 Å². The first-order valence-electron chi connectivity index (χ1n) is 7.24. The van der Waals surface area contributed by atoms with E-state index < -0.39 is 0 Å². The highest BCUT2D eigenvalue weighted by Crippen LogP contribution is 2.22. The van der Waals surface area contributed by atoms with Gasteiger partial charge in [0.05, 0.1) is 0 Å². The molecule has 0 radical (unpaired) electrons. The first kappa shape index (κ1) is 13.1. The first-order valence-corrected chi connectivity index (χ1v) is 7.24. The number of amides is 1. The first-order chi connectivity index (χ1) is 9.72. The summed E-state index contributed by atoms with van der Waals surface area (Å²) in [7, 11) is 0. The Kier molecular flexibility index (Phi) is 3.70. The smallest absolute Gasteiger partial charge is 0.227 e. The molecule has 1 aliphatic heterocycles. The average molecular weight is 268 g/mol. The highest BCUT2D eigenvalue weighted by Gasteiger charge is 2.20. The zero-order chi connectivity index (χ0) is 13.9. The van der Waals surface area contributed by atoms with Crippen molar-refractivity contribution < 1.29 is 4.79 Å². The lowest BCUT2D eigenvalue weighted by atomic mass is 9.97. The minimum Gasteiger partial charge on any atom is -0.326 e. The lowest BCUT2D eigenvalue weighted by Gasteiger charge is -2.21. The zero-order valence-corrected chi connectivity index (χ0v) is 11.8. The molecule has 2 aromatic carbocycles. The zero-order valence-electron chi connectivity index (χ0n) is 11.8. The Hall–Kier alpha value is -1.87. The largest absolute Gasteiger partial charge is 0.326 e. The second kappa shape index (κ2) is 5.63. The van der Waals surface area contributed by atoms with Crippen LogP contribution in [-0.2, 0) is 4.79 Å². The number of piperidine rings is 1. The van der Waals surface area contributed by atoms with Gasteiger partial charge in [-0.15, -0.1) is 0 Å². The summed E-state index contributed by atoms with van der Waals surface area (Å²) in [4.78, 5) is 12.2. The van der Waals surface area contributed by atoms with Crippen molar-refractivity contribution in [3.05, 3.63) is 42.0 Å². The van der Waals surface area contributed by atoms with Crippen LogP contribution in [0.5, 0.6) is 0 Å². The minimum absolute atomic E-state index is 0.143. The molecule has 1 aliphatic rings. The second-order valence-corrected chi connectivity index (χ2v) is 5.58. The molecule has 0 bridgehead atoms. The molecule has 1 saturated heterocycles. The van der Waals surface area contributed by atoms with Gasteiger partial charge < -0.3 is 10.6 Å². The Morgan fingerprint density at radius 2 is 1.80 bits per heavy atom. The summed E-state index contributed by atoms with van der Waals surface area (Å²) >= 11 is 0. The Morgan fingerprint density at radius 1 is 1.10 bits per heavy atom. The number of aryl methyl sites for hydroxylation is 1. The van der Waals surface area contributed by atoms with E-state index in [1.165, 1.54) is 16.3 Å². The van der Waals surface area contributed by atoms with E-state index in [0.717, 1.165) is 31.6 Å². The standard InChI is InChI=1S/C17H20N2O/c1-12-2-3-15-11-16(5-4-14(15)10-12)19-17(20)13-6-8-18-9-7-13/h2-5,10-11,13,18H,6-9H2,1H3,(H,19,20). The highest BCUT2D eigenvalue weighted by atomic mass is 16.1. The molecule has 0 spiro atoms. The molecule has 0 saturated carbocycles. The summed E-state index contributed by atoms with van der Waals surface area (Å²) < 4.78 is 0. The van der Waals surface area contributed by atoms with Crippen molar-refractivity contribution in [2.45, 2.75) is 19.8 Å². The van der Waals surface area contributed by atoms with Crippen molar-refractivity contribution in [2.75, 3.05) is 18.4 Å². The summed E-state index contributed by atoms with van der Waals surface area (Å²) in [5.74, 6) is 0.294. The average Bonchev–Trinajstić information content (AvgIpc) is 2.48. The van der Waals surface area contributed by atoms with Crippen LogP contribution >= 0.6 is 0 Å². The normalized spacial score (nSPS) is 16.2. The van der Waals surface area contributed by atoms with Crippen LogP contribution < -0.4 is 10.6 Å². The number of rotatable bonds is 2. The second-order valence-electron chi connectivity index (χ2n) is 5.58. The lowest BCUT2D eigenvalue weighted by Crippen LogP contribution is -2.34. The third-order valence-electron chi connectivity index (χ3n) is 3.97. The molecule has 0 unspecified atom stereocenters. The SMILES string of the molecule is Cc1ccc2cc(NC(=O)C3CCNCC3)ccc2c1. The fourth-order valence-electron chi connectivity index (χ4n) is 2.77. The molecule has 20 heavy (non-hydrogen) atoms. The summed E-state index contributed by atoms with van der Waals surface area (Å²) in [5, 5.41) is 8.71. The van der Waals surface area contributed by atoms with Crippen molar-refractivity contribution in [2.24, 2.45) is 5.92 Å². The van der Waals surface area contributed by atoms with Crippen LogP contribution in [0.15, 0.2) is 36.4 Å². The monoisotopic (exact) mass is 268 g/mol. The number of carbonyl (C=O) groups is 1. The molecule has 1 amide bonds. The van der Waals surface area contributed by atoms with E-state index in [-0.39, 0.29) is 11.8 Å². The molecule has 2 N–H and O–H groups in total. The summed E-state index contributed by atoms with van der Waals surface area (Å²) in [6, 6.07) is 12.5. The number of fused-ring (bicyclic) bond motifs is 1. The van der Waals surface area contributed by atoms with E-state index in [1.807, 2.05) is 12.1 Å². The number of hydrogen-bond acceptors (Lipinski definition) is 2. The van der Waals surface area contributed by atoms with Crippen molar-refractivity contribution in [1.29, 1.82) is 0 Å². The molecule has 0 atom stereocenters. The van der Waals surface area contributed by atoms with Crippen LogP contribution in [0.3, 0.4) is 0 Å². The van der Waals surface area contributed by atoms with Crippen LogP contribution in [0.1, 0.15) is 18.4 Å². The maximum absolute atomic E-state index is 12.2. The molecule has 1 fully saturated rings. The summed E-state index contributed by atoms with van der Waals surface area (Å²) in [6.07, 6.45) is 1.86. The van der Waals surface area contributed by atoms with Crippen molar-refractivity contribution in [3.63, 3.8) is 0 Å². The Morgan fingerprint density at radius 3 is 2.60 bits per heavy atom. The van der Waals surface area contributed by atoms with Gasteiger partial charge in [0.1, 0.15) is 0 Å². The van der Waals surface area contributed by atoms with Gasteiger partial charge in [-0.25, -0.2) is 0 Å². The van der Waals surface area contributed by atoms with Crippen molar-refractivity contribution in [3.8, 4) is 0 Å². The van der Waals surface area contributed by atoms with Crippen LogP contribution in [0.4, 0.5) is 5.69 Å². The fourth-order valence-corrected chi connectivity index (χ4v) is 2.77. The lowest BCUT2D eigenvalue weighted by molar-refractivity contribution is -0.120. The van der Waals surface area contributed by atoms with Crippen LogP contribution in [0.25, 0.3) is 10.8 Å². The van der Waals surface area contributed by atoms with Gasteiger partial charge in [-0.05, 0) is 55.8 Å². The maximum atomic E-state index is 12.2. The summed E-state index contributed by atoms with van der Waals surface area (Å²) in [5.41, 5.74) is 2.15. The van der Waals surface area contributed by atoms with Crippen molar-refractivity contribution >= 4 is 22.4 Å². The Bertz CT molecular complexity index is 630. The van der Waals surface area contributed by atoms with Crippen LogP contribution in [-0.4, -0.2) is 19.0 Å². The van der Waals surface area contributed by atoms with E-state index in [4.69, 9.17) is 0 Å². The predicted molar refractivity (Wildman–Crippen MR) is 82.9 cm³/mol. The van der Waals surface area contributed by atoms with E-state index in [1.54, 1.807) is 0 Å². The summed E-state index contributed by atoms with van der Waals surface area (Å²) in [6.45, 7) is 3.97. The molecule has 1 heterocycles. The number of hydrogen-bond donors (Lipinski definition) is 2. The molecule has 2 aromatic rings. The molecule has 0 aliphatic carbocycles. The van der Waals surface area contributed by atoms with E-state index >= 15 is 0 Å². The Balaban J connectivity index is 1.76. The van der Waals surface area contributed by atoms with Gasteiger partial charge >= 0.3 is 0 Å². The number of benzene rings is 2. The van der Waals surface area contributed by atoms with Gasteiger partial charge in [-0.1, -0.05) is 29.8 Å². The van der Waals surface area contributed by atoms with Gasteiger partial charge in [0, 0.05) is 11.6 Å². The van der Waals surface area contributed by atoms with Crippen LogP contribution in [0.2, 0.25) is 0 Å². The number of carbonyl (C=O) groups excluding carboxylic acids is 1. The number of anilines is 1. The third-order valence-corrected chi connectivity index (χ3v) is 3.97. The van der Waals surface area contributed by atoms with E-state index in [0.29, 0.717) is 0 Å². The topological polar surface area (TPSA) is 41.1 Å². The van der Waals surface area contributed by atoms with Gasteiger partial charge in [0.25, 0.3) is 0 Å².